The van der Waals surface area contributed by atoms with E-state index in [1.807, 2.05) is 6.92 Å². The van der Waals surface area contributed by atoms with Crippen molar-refractivity contribution < 1.29 is 48.8 Å². The van der Waals surface area contributed by atoms with E-state index in [0.717, 1.165) is 0 Å². The smallest absolute Gasteiger partial charge is 0.756 e. The second-order valence-electron chi connectivity index (χ2n) is 1.86. The molecule has 2 N–H and O–H groups in total. The minimum Gasteiger partial charge on any atom is -0.756 e. The van der Waals surface area contributed by atoms with Crippen molar-refractivity contribution in [1.82, 2.24) is 0 Å². The van der Waals surface area contributed by atoms with E-state index in [-0.39, 0.29) is 29.6 Å². The molecule has 11 heavy (non-hydrogen) atoms. The quantitative estimate of drug-likeness (QED) is 0.249. The second kappa shape index (κ2) is 8.94. The fourth-order valence-corrected chi connectivity index (χ4v) is 0. The van der Waals surface area contributed by atoms with Crippen LogP contribution < -0.4 is 34.5 Å². The van der Waals surface area contributed by atoms with Crippen LogP contribution in [0.2, 0.25) is 0 Å². The van der Waals surface area contributed by atoms with Crippen LogP contribution in [0.4, 0.5) is 0 Å². The molecule has 0 spiro atoms. The van der Waals surface area contributed by atoms with Crippen LogP contribution in [-0.4, -0.2) is 9.79 Å². The summed E-state index contributed by atoms with van der Waals surface area (Å²) < 4.78 is 8.77. The molecule has 0 atom stereocenters. The fourth-order valence-electron chi connectivity index (χ4n) is 0. The summed E-state index contributed by atoms with van der Waals surface area (Å²) in [6.07, 6.45) is 2.08. The van der Waals surface area contributed by atoms with Gasteiger partial charge in [0.1, 0.15) is 0 Å². The van der Waals surface area contributed by atoms with E-state index in [9.17, 15) is 0 Å². The van der Waals surface area contributed by atoms with Crippen LogP contribution >= 0.6 is 7.82 Å². The Morgan fingerprint density at radius 2 is 1.55 bits per heavy atom. The Balaban J connectivity index is -0.000000107. The van der Waals surface area contributed by atoms with Crippen molar-refractivity contribution in [3.63, 3.8) is 0 Å². The molecule has 0 unspecified atom stereocenters. The molecular formula is C5H12NaO4P. The van der Waals surface area contributed by atoms with Gasteiger partial charge in [0.2, 0.25) is 0 Å². The van der Waals surface area contributed by atoms with Gasteiger partial charge in [-0.05, 0) is 20.8 Å². The molecule has 0 aromatic heterocycles. The Morgan fingerprint density at radius 1 is 1.45 bits per heavy atom. The first kappa shape index (κ1) is 17.8. The SMILES string of the molecule is CC=C(C)C.O=P([O-])(O)O.[Na+]. The van der Waals surface area contributed by atoms with Crippen molar-refractivity contribution >= 4 is 7.82 Å². The van der Waals surface area contributed by atoms with Crippen molar-refractivity contribution in [3.05, 3.63) is 11.6 Å². The molecule has 0 bridgehead atoms. The Hall–Kier alpha value is 0.850. The summed E-state index contributed by atoms with van der Waals surface area (Å²) in [7, 11) is -4.89. The summed E-state index contributed by atoms with van der Waals surface area (Å²) in [5.74, 6) is 0. The number of hydrogen-bond donors (Lipinski definition) is 2. The van der Waals surface area contributed by atoms with E-state index in [1.54, 1.807) is 0 Å². The van der Waals surface area contributed by atoms with Gasteiger partial charge in [-0.2, -0.15) is 0 Å². The van der Waals surface area contributed by atoms with Crippen LogP contribution in [-0.2, 0) is 4.57 Å². The predicted molar refractivity (Wildman–Crippen MR) is 37.1 cm³/mol. The predicted octanol–water partition coefficient (Wildman–Crippen LogP) is -2.58. The van der Waals surface area contributed by atoms with E-state index < -0.39 is 7.82 Å². The first-order valence-corrected chi connectivity index (χ1v) is 4.16. The Labute approximate surface area is 88.9 Å². The molecule has 0 rings (SSSR count). The van der Waals surface area contributed by atoms with Crippen molar-refractivity contribution in [2.75, 3.05) is 0 Å². The maximum absolute atomic E-state index is 8.77. The fraction of sp³-hybridized carbons (Fsp3) is 0.600. The van der Waals surface area contributed by atoms with Crippen LogP contribution in [0.15, 0.2) is 11.6 Å². The van der Waals surface area contributed by atoms with Gasteiger partial charge in [-0.3, -0.25) is 4.57 Å². The summed E-state index contributed by atoms with van der Waals surface area (Å²) in [5.41, 5.74) is 1.38. The third kappa shape index (κ3) is 105. The first-order valence-electron chi connectivity index (χ1n) is 2.63. The normalized spacial score (nSPS) is 8.55. The number of hydrogen-bond acceptors (Lipinski definition) is 2. The van der Waals surface area contributed by atoms with Crippen molar-refractivity contribution in [1.29, 1.82) is 0 Å². The van der Waals surface area contributed by atoms with Crippen LogP contribution in [0.25, 0.3) is 0 Å². The van der Waals surface area contributed by atoms with E-state index in [0.29, 0.717) is 0 Å². The zero-order valence-corrected chi connectivity index (χ0v) is 10.1. The van der Waals surface area contributed by atoms with Gasteiger partial charge in [0, 0.05) is 0 Å². The molecule has 0 heterocycles. The van der Waals surface area contributed by atoms with Gasteiger partial charge in [-0.1, -0.05) is 11.6 Å². The van der Waals surface area contributed by atoms with Gasteiger partial charge in [-0.15, -0.1) is 0 Å². The number of allylic oxidation sites excluding steroid dienone is 2. The van der Waals surface area contributed by atoms with E-state index >= 15 is 0 Å². The van der Waals surface area contributed by atoms with Gasteiger partial charge < -0.3 is 14.7 Å². The zero-order chi connectivity index (χ0) is 8.78. The molecule has 62 valence electrons. The molecule has 0 aromatic carbocycles. The minimum absolute atomic E-state index is 0. The van der Waals surface area contributed by atoms with Gasteiger partial charge in [0.25, 0.3) is 7.82 Å². The second-order valence-corrected chi connectivity index (χ2v) is 2.84. The molecule has 0 aliphatic carbocycles. The molecule has 6 heteroatoms. The summed E-state index contributed by atoms with van der Waals surface area (Å²) >= 11 is 0. The molecule has 0 radical (unpaired) electrons. The molecule has 0 aromatic rings. The van der Waals surface area contributed by atoms with Crippen molar-refractivity contribution in [2.24, 2.45) is 0 Å². The minimum atomic E-state index is -4.89. The summed E-state index contributed by atoms with van der Waals surface area (Å²) in [6, 6.07) is 0. The molecule has 0 amide bonds. The van der Waals surface area contributed by atoms with Crippen LogP contribution in [0.5, 0.6) is 0 Å². The summed E-state index contributed by atoms with van der Waals surface area (Å²) in [6.45, 7) is 6.20. The van der Waals surface area contributed by atoms with E-state index in [4.69, 9.17) is 19.2 Å². The molecule has 0 fully saturated rings. The molecule has 0 saturated carbocycles. The topological polar surface area (TPSA) is 80.6 Å². The number of rotatable bonds is 0. The largest absolute Gasteiger partial charge is 1.00 e. The zero-order valence-electron chi connectivity index (χ0n) is 7.24. The summed E-state index contributed by atoms with van der Waals surface area (Å²) in [4.78, 5) is 22.9. The molecule has 4 nitrogen and oxygen atoms in total. The summed E-state index contributed by atoms with van der Waals surface area (Å²) in [5, 5.41) is 0. The third-order valence-electron chi connectivity index (χ3n) is 0.577. The first-order chi connectivity index (χ1) is 4.27. The molecule has 0 aliphatic heterocycles. The van der Waals surface area contributed by atoms with Gasteiger partial charge in [0.15, 0.2) is 0 Å². The standard InChI is InChI=1S/C5H10.Na.H3O4P/c1-4-5(2)3;;1-5(2,3)4/h4H,1-3H3;;(H3,1,2,3,4)/q;+1;/p-1. The van der Waals surface area contributed by atoms with Gasteiger partial charge >= 0.3 is 29.6 Å². The maximum Gasteiger partial charge on any atom is 1.00 e. The van der Waals surface area contributed by atoms with Crippen LogP contribution in [0.3, 0.4) is 0 Å². The van der Waals surface area contributed by atoms with Crippen LogP contribution in [0.1, 0.15) is 20.8 Å². The Kier molecular flexibility index (Phi) is 14.5. The average Bonchev–Trinajstić information content (AvgIpc) is 1.61. The average molecular weight is 190 g/mol. The number of phosphoric acid groups is 1. The van der Waals surface area contributed by atoms with E-state index in [2.05, 4.69) is 19.9 Å². The Morgan fingerprint density at radius 3 is 1.55 bits per heavy atom. The van der Waals surface area contributed by atoms with Gasteiger partial charge in [-0.25, -0.2) is 0 Å². The maximum atomic E-state index is 8.77. The Bertz CT molecular complexity index is 138. The van der Waals surface area contributed by atoms with Crippen LogP contribution in [0, 0.1) is 0 Å². The van der Waals surface area contributed by atoms with Crippen molar-refractivity contribution in [2.45, 2.75) is 20.8 Å². The van der Waals surface area contributed by atoms with Gasteiger partial charge in [0.05, 0.1) is 0 Å². The van der Waals surface area contributed by atoms with E-state index in [1.165, 1.54) is 5.57 Å². The molecule has 0 aliphatic rings. The monoisotopic (exact) mass is 190 g/mol. The molecule has 0 saturated heterocycles. The molecular weight excluding hydrogens is 178 g/mol. The van der Waals surface area contributed by atoms with Crippen molar-refractivity contribution in [3.8, 4) is 0 Å². The third-order valence-corrected chi connectivity index (χ3v) is 0.577.